The predicted molar refractivity (Wildman–Crippen MR) is 107 cm³/mol. The van der Waals surface area contributed by atoms with Gasteiger partial charge in [0, 0.05) is 35.1 Å². The van der Waals surface area contributed by atoms with Crippen LogP contribution in [0, 0.1) is 19.7 Å². The minimum atomic E-state index is -0.677. The van der Waals surface area contributed by atoms with Crippen LogP contribution in [0.5, 0.6) is 0 Å². The highest BCUT2D eigenvalue weighted by atomic mass is 35.5. The van der Waals surface area contributed by atoms with Crippen LogP contribution in [0.4, 0.5) is 4.39 Å². The van der Waals surface area contributed by atoms with E-state index in [4.69, 9.17) is 11.6 Å². The van der Waals surface area contributed by atoms with E-state index in [1.165, 1.54) is 23.5 Å². The molecule has 2 heterocycles. The van der Waals surface area contributed by atoms with E-state index in [-0.39, 0.29) is 24.8 Å². The summed E-state index contributed by atoms with van der Waals surface area (Å²) < 4.78 is 14.1. The molecule has 1 aromatic heterocycles. The third kappa shape index (κ3) is 4.87. The number of nitrogens with zero attached hydrogens (tertiary/aromatic N) is 2. The number of amides is 2. The van der Waals surface area contributed by atoms with Crippen molar-refractivity contribution in [3.05, 3.63) is 50.2 Å². The molecule has 0 bridgehead atoms. The van der Waals surface area contributed by atoms with E-state index in [2.05, 4.69) is 15.6 Å². The van der Waals surface area contributed by atoms with Crippen LogP contribution in [0.1, 0.15) is 27.6 Å². The quantitative estimate of drug-likeness (QED) is 0.747. The molecule has 1 saturated heterocycles. The molecular weight excluding hydrogens is 403 g/mol. The molecule has 0 radical (unpaired) electrons. The highest BCUT2D eigenvalue weighted by molar-refractivity contribution is 7.11. The molecule has 28 heavy (non-hydrogen) atoms. The molecule has 2 amide bonds. The molecule has 3 rings (SSSR count). The first-order valence-corrected chi connectivity index (χ1v) is 10.2. The number of piperazine rings is 1. The number of nitrogens with one attached hydrogen (secondary N) is 2. The lowest BCUT2D eigenvalue weighted by Gasteiger charge is -2.34. The van der Waals surface area contributed by atoms with Crippen molar-refractivity contribution >= 4 is 34.8 Å². The smallest absolute Gasteiger partial charge is 0.237 e. The minimum Gasteiger partial charge on any atom is -0.353 e. The van der Waals surface area contributed by atoms with Crippen molar-refractivity contribution < 1.29 is 14.0 Å². The standard InChI is InChI=1S/C19H22ClFN4O2S/c1-11-12(2)28-18(24-11)9-23-17(26)8-16-19(27)22-6-7-25(16)10-13-14(20)4-3-5-15(13)21/h3-5,16H,6-10H2,1-2H3,(H,22,27)(H,23,26)/t16-/m1/s1. The number of rotatable bonds is 6. The van der Waals surface area contributed by atoms with E-state index in [0.29, 0.717) is 30.2 Å². The van der Waals surface area contributed by atoms with E-state index < -0.39 is 11.9 Å². The normalized spacial score (nSPS) is 17.4. The number of halogens is 2. The van der Waals surface area contributed by atoms with E-state index in [1.807, 2.05) is 13.8 Å². The van der Waals surface area contributed by atoms with Gasteiger partial charge in [-0.1, -0.05) is 17.7 Å². The summed E-state index contributed by atoms with van der Waals surface area (Å²) in [5.74, 6) is -0.914. The summed E-state index contributed by atoms with van der Waals surface area (Å²) in [7, 11) is 0. The van der Waals surface area contributed by atoms with Gasteiger partial charge in [-0.15, -0.1) is 11.3 Å². The summed E-state index contributed by atoms with van der Waals surface area (Å²) in [6.07, 6.45) is -0.0127. The molecule has 0 aliphatic carbocycles. The first-order valence-electron chi connectivity index (χ1n) is 8.99. The summed E-state index contributed by atoms with van der Waals surface area (Å²) >= 11 is 7.66. The number of hydrogen-bond acceptors (Lipinski definition) is 5. The predicted octanol–water partition coefficient (Wildman–Crippen LogP) is 2.56. The van der Waals surface area contributed by atoms with Gasteiger partial charge in [0.15, 0.2) is 0 Å². The Hall–Kier alpha value is -2.03. The fraction of sp³-hybridized carbons (Fsp3) is 0.421. The van der Waals surface area contributed by atoms with Gasteiger partial charge in [-0.05, 0) is 26.0 Å². The maximum absolute atomic E-state index is 14.1. The Bertz CT molecular complexity index is 849. The fourth-order valence-corrected chi connectivity index (χ4v) is 4.19. The maximum Gasteiger partial charge on any atom is 0.237 e. The molecule has 0 saturated carbocycles. The number of benzene rings is 1. The number of hydrogen-bond donors (Lipinski definition) is 2. The maximum atomic E-state index is 14.1. The Morgan fingerprint density at radius 2 is 2.25 bits per heavy atom. The van der Waals surface area contributed by atoms with Crippen LogP contribution in [0.15, 0.2) is 18.2 Å². The van der Waals surface area contributed by atoms with E-state index >= 15 is 0 Å². The minimum absolute atomic E-state index is 0.0127. The van der Waals surface area contributed by atoms with Gasteiger partial charge in [0.05, 0.1) is 24.7 Å². The van der Waals surface area contributed by atoms with Gasteiger partial charge in [-0.2, -0.15) is 0 Å². The van der Waals surface area contributed by atoms with Gasteiger partial charge in [0.2, 0.25) is 11.8 Å². The number of aromatic nitrogens is 1. The van der Waals surface area contributed by atoms with Gasteiger partial charge >= 0.3 is 0 Å². The SMILES string of the molecule is Cc1nc(CNC(=O)C[C@@H]2C(=O)NCCN2Cc2c(F)cccc2Cl)sc1C. The molecule has 0 unspecified atom stereocenters. The molecule has 1 fully saturated rings. The van der Waals surface area contributed by atoms with Crippen molar-refractivity contribution in [2.45, 2.75) is 39.4 Å². The largest absolute Gasteiger partial charge is 0.353 e. The lowest BCUT2D eigenvalue weighted by molar-refractivity contribution is -0.134. The van der Waals surface area contributed by atoms with Crippen molar-refractivity contribution in [2.75, 3.05) is 13.1 Å². The Kier molecular flexibility index (Phi) is 6.64. The third-order valence-electron chi connectivity index (χ3n) is 4.75. The molecule has 1 aliphatic rings. The zero-order valence-electron chi connectivity index (χ0n) is 15.7. The molecule has 2 aromatic rings. The first-order chi connectivity index (χ1) is 13.3. The summed E-state index contributed by atoms with van der Waals surface area (Å²) in [5, 5.41) is 6.72. The number of aryl methyl sites for hydroxylation is 2. The molecule has 1 aromatic carbocycles. The average molecular weight is 425 g/mol. The van der Waals surface area contributed by atoms with Crippen molar-refractivity contribution in [3.8, 4) is 0 Å². The lowest BCUT2D eigenvalue weighted by atomic mass is 10.1. The van der Waals surface area contributed by atoms with Gasteiger partial charge < -0.3 is 10.6 Å². The monoisotopic (exact) mass is 424 g/mol. The second kappa shape index (κ2) is 8.98. The van der Waals surface area contributed by atoms with Crippen LogP contribution in [0.3, 0.4) is 0 Å². The summed E-state index contributed by atoms with van der Waals surface area (Å²) in [5.41, 5.74) is 1.28. The van der Waals surface area contributed by atoms with Crippen molar-refractivity contribution in [2.24, 2.45) is 0 Å². The van der Waals surface area contributed by atoms with E-state index in [1.54, 1.807) is 11.0 Å². The van der Waals surface area contributed by atoms with Gasteiger partial charge in [0.1, 0.15) is 10.8 Å². The lowest BCUT2D eigenvalue weighted by Crippen LogP contribution is -2.56. The third-order valence-corrected chi connectivity index (χ3v) is 6.18. The van der Waals surface area contributed by atoms with Gasteiger partial charge in [0.25, 0.3) is 0 Å². The van der Waals surface area contributed by atoms with Crippen LogP contribution < -0.4 is 10.6 Å². The second-order valence-electron chi connectivity index (χ2n) is 6.71. The highest BCUT2D eigenvalue weighted by Gasteiger charge is 2.32. The Morgan fingerprint density at radius 1 is 1.46 bits per heavy atom. The van der Waals surface area contributed by atoms with Gasteiger partial charge in [-0.3, -0.25) is 14.5 Å². The van der Waals surface area contributed by atoms with Crippen LogP contribution in [-0.4, -0.2) is 40.8 Å². The fourth-order valence-electron chi connectivity index (χ4n) is 3.10. The summed E-state index contributed by atoms with van der Waals surface area (Å²) in [4.78, 5) is 32.1. The van der Waals surface area contributed by atoms with Gasteiger partial charge in [-0.25, -0.2) is 9.37 Å². The van der Waals surface area contributed by atoms with Crippen molar-refractivity contribution in [3.63, 3.8) is 0 Å². The Labute approximate surface area is 172 Å². The Balaban J connectivity index is 1.65. The van der Waals surface area contributed by atoms with E-state index in [0.717, 1.165) is 15.6 Å². The molecule has 2 N–H and O–H groups in total. The Morgan fingerprint density at radius 3 is 2.93 bits per heavy atom. The molecular formula is C19H22ClFN4O2S. The molecule has 1 aliphatic heterocycles. The van der Waals surface area contributed by atoms with Crippen molar-refractivity contribution in [1.82, 2.24) is 20.5 Å². The molecule has 9 heteroatoms. The van der Waals surface area contributed by atoms with Crippen LogP contribution >= 0.6 is 22.9 Å². The summed E-state index contributed by atoms with van der Waals surface area (Å²) in [6, 6.07) is 3.82. The van der Waals surface area contributed by atoms with Crippen LogP contribution in [0.25, 0.3) is 0 Å². The topological polar surface area (TPSA) is 74.3 Å². The second-order valence-corrected chi connectivity index (χ2v) is 8.40. The first kappa shape index (κ1) is 20.7. The van der Waals surface area contributed by atoms with Crippen LogP contribution in [0.2, 0.25) is 5.02 Å². The van der Waals surface area contributed by atoms with Crippen LogP contribution in [-0.2, 0) is 22.7 Å². The van der Waals surface area contributed by atoms with Crippen molar-refractivity contribution in [1.29, 1.82) is 0 Å². The number of carbonyl (C=O) groups is 2. The van der Waals surface area contributed by atoms with E-state index in [9.17, 15) is 14.0 Å². The zero-order valence-corrected chi connectivity index (χ0v) is 17.3. The number of carbonyl (C=O) groups excluding carboxylic acids is 2. The number of thiazole rings is 1. The molecule has 6 nitrogen and oxygen atoms in total. The average Bonchev–Trinajstić information content (AvgIpc) is 2.97. The highest BCUT2D eigenvalue weighted by Crippen LogP contribution is 2.23. The zero-order chi connectivity index (χ0) is 20.3. The molecule has 1 atom stereocenters. The molecule has 0 spiro atoms. The molecule has 150 valence electrons. The summed E-state index contributed by atoms with van der Waals surface area (Å²) in [6.45, 7) is 5.36.